The molecule has 2 aromatic heterocycles. The van der Waals surface area contributed by atoms with Crippen LogP contribution in [-0.2, 0) is 6.54 Å². The van der Waals surface area contributed by atoms with Crippen molar-refractivity contribution >= 4 is 17.1 Å². The third-order valence-corrected chi connectivity index (χ3v) is 4.54. The molecule has 1 aliphatic heterocycles. The lowest BCUT2D eigenvalue weighted by molar-refractivity contribution is 0.0806. The lowest BCUT2D eigenvalue weighted by Crippen LogP contribution is -2.38. The monoisotopic (exact) mass is 302 g/mol. The standard InChI is InChI=1S/C15H18N4OS/c1-11-17-18-14(21-11)10-19-8-4-5-12(9-19)15(20)13-6-2-3-7-16-13/h2-3,6-7,12H,4-5,8-10H2,1H3. The summed E-state index contributed by atoms with van der Waals surface area (Å²) in [5.74, 6) is 0.205. The molecule has 1 saturated heterocycles. The number of Topliss-reactive ketones (excluding diaryl/α,β-unsaturated/α-hetero) is 1. The summed E-state index contributed by atoms with van der Waals surface area (Å²) in [6.45, 7) is 4.56. The van der Waals surface area contributed by atoms with Crippen LogP contribution in [-0.4, -0.2) is 39.0 Å². The molecule has 0 aromatic carbocycles. The van der Waals surface area contributed by atoms with Crippen LogP contribution in [0.2, 0.25) is 0 Å². The molecule has 2 aromatic rings. The van der Waals surface area contributed by atoms with Gasteiger partial charge in [0.15, 0.2) is 5.78 Å². The first-order valence-electron chi connectivity index (χ1n) is 7.19. The zero-order valence-electron chi connectivity index (χ0n) is 12.0. The second-order valence-corrected chi connectivity index (χ2v) is 6.63. The van der Waals surface area contributed by atoms with Crippen molar-refractivity contribution in [2.75, 3.05) is 13.1 Å². The van der Waals surface area contributed by atoms with Crippen molar-refractivity contribution in [2.24, 2.45) is 5.92 Å². The summed E-state index contributed by atoms with van der Waals surface area (Å²) in [7, 11) is 0. The van der Waals surface area contributed by atoms with Gasteiger partial charge in [0, 0.05) is 18.7 Å². The number of carbonyl (C=O) groups excluding carboxylic acids is 1. The van der Waals surface area contributed by atoms with Crippen molar-refractivity contribution < 1.29 is 4.79 Å². The number of carbonyl (C=O) groups is 1. The minimum atomic E-state index is 0.0441. The molecule has 21 heavy (non-hydrogen) atoms. The average Bonchev–Trinajstić information content (AvgIpc) is 2.93. The minimum Gasteiger partial charge on any atom is -0.296 e. The fourth-order valence-corrected chi connectivity index (χ4v) is 3.47. The summed E-state index contributed by atoms with van der Waals surface area (Å²) in [5.41, 5.74) is 0.580. The molecule has 0 radical (unpaired) electrons. The predicted molar refractivity (Wildman–Crippen MR) is 81.2 cm³/mol. The lowest BCUT2D eigenvalue weighted by Gasteiger charge is -2.31. The number of likely N-dealkylation sites (tertiary alicyclic amines) is 1. The van der Waals surface area contributed by atoms with Gasteiger partial charge in [0.2, 0.25) is 0 Å². The van der Waals surface area contributed by atoms with Crippen LogP contribution in [0.25, 0.3) is 0 Å². The maximum atomic E-state index is 12.5. The van der Waals surface area contributed by atoms with E-state index in [1.54, 1.807) is 23.6 Å². The first kappa shape index (κ1) is 14.3. The summed E-state index contributed by atoms with van der Waals surface area (Å²) in [6.07, 6.45) is 3.67. The first-order chi connectivity index (χ1) is 10.2. The van der Waals surface area contributed by atoms with Crippen molar-refractivity contribution in [3.05, 3.63) is 40.1 Å². The summed E-state index contributed by atoms with van der Waals surface area (Å²) >= 11 is 1.63. The molecule has 1 unspecified atom stereocenters. The van der Waals surface area contributed by atoms with Crippen LogP contribution in [0, 0.1) is 12.8 Å². The Morgan fingerprint density at radius 2 is 2.33 bits per heavy atom. The maximum Gasteiger partial charge on any atom is 0.185 e. The Morgan fingerprint density at radius 3 is 3.05 bits per heavy atom. The molecule has 0 bridgehead atoms. The molecular formula is C15H18N4OS. The Hall–Kier alpha value is -1.66. The van der Waals surface area contributed by atoms with Crippen molar-refractivity contribution in [1.82, 2.24) is 20.1 Å². The van der Waals surface area contributed by atoms with Gasteiger partial charge in [0.25, 0.3) is 0 Å². The van der Waals surface area contributed by atoms with E-state index in [-0.39, 0.29) is 11.7 Å². The zero-order valence-corrected chi connectivity index (χ0v) is 12.8. The molecule has 6 heteroatoms. The maximum absolute atomic E-state index is 12.5. The fourth-order valence-electron chi connectivity index (χ4n) is 2.72. The Morgan fingerprint density at radius 1 is 1.43 bits per heavy atom. The molecule has 0 N–H and O–H groups in total. The molecular weight excluding hydrogens is 284 g/mol. The number of ketones is 1. The Bertz CT molecular complexity index is 613. The highest BCUT2D eigenvalue weighted by atomic mass is 32.1. The topological polar surface area (TPSA) is 59.0 Å². The third kappa shape index (κ3) is 3.51. The van der Waals surface area contributed by atoms with Crippen molar-refractivity contribution in [1.29, 1.82) is 0 Å². The molecule has 0 saturated carbocycles. The summed E-state index contributed by atoms with van der Waals surface area (Å²) in [5, 5.41) is 10.2. The van der Waals surface area contributed by atoms with Crippen molar-refractivity contribution in [3.8, 4) is 0 Å². The number of nitrogens with zero attached hydrogens (tertiary/aromatic N) is 4. The highest BCUT2D eigenvalue weighted by molar-refractivity contribution is 7.11. The zero-order chi connectivity index (χ0) is 14.7. The number of piperidine rings is 1. The van der Waals surface area contributed by atoms with Gasteiger partial charge in [-0.3, -0.25) is 14.7 Å². The van der Waals surface area contributed by atoms with Gasteiger partial charge in [0.05, 0.1) is 6.54 Å². The lowest BCUT2D eigenvalue weighted by atomic mass is 9.92. The van der Waals surface area contributed by atoms with E-state index in [1.807, 2.05) is 19.1 Å². The van der Waals surface area contributed by atoms with Crippen LogP contribution in [0.5, 0.6) is 0 Å². The smallest absolute Gasteiger partial charge is 0.185 e. The van der Waals surface area contributed by atoms with E-state index >= 15 is 0 Å². The molecule has 3 rings (SSSR count). The number of aromatic nitrogens is 3. The van der Waals surface area contributed by atoms with Gasteiger partial charge in [-0.05, 0) is 38.4 Å². The number of aryl methyl sites for hydroxylation is 1. The van der Waals surface area contributed by atoms with Gasteiger partial charge >= 0.3 is 0 Å². The quantitative estimate of drug-likeness (QED) is 0.811. The van der Waals surface area contributed by atoms with E-state index < -0.39 is 0 Å². The summed E-state index contributed by atoms with van der Waals surface area (Å²) < 4.78 is 0. The van der Waals surface area contributed by atoms with Crippen LogP contribution in [0.1, 0.15) is 33.3 Å². The van der Waals surface area contributed by atoms with E-state index in [9.17, 15) is 4.79 Å². The second kappa shape index (κ2) is 6.41. The average molecular weight is 302 g/mol. The number of rotatable bonds is 4. The van der Waals surface area contributed by atoms with Gasteiger partial charge in [-0.1, -0.05) is 6.07 Å². The van der Waals surface area contributed by atoms with Crippen LogP contribution < -0.4 is 0 Å². The van der Waals surface area contributed by atoms with E-state index in [2.05, 4.69) is 20.1 Å². The van der Waals surface area contributed by atoms with Gasteiger partial charge in [-0.25, -0.2) is 0 Å². The van der Waals surface area contributed by atoms with Crippen LogP contribution >= 0.6 is 11.3 Å². The third-order valence-electron chi connectivity index (χ3n) is 3.72. The summed E-state index contributed by atoms with van der Waals surface area (Å²) in [4.78, 5) is 19.0. The van der Waals surface area contributed by atoms with Gasteiger partial charge in [-0.15, -0.1) is 21.5 Å². The minimum absolute atomic E-state index is 0.0441. The molecule has 110 valence electrons. The molecule has 5 nitrogen and oxygen atoms in total. The fraction of sp³-hybridized carbons (Fsp3) is 0.467. The van der Waals surface area contributed by atoms with Gasteiger partial charge in [0.1, 0.15) is 15.7 Å². The normalized spacial score (nSPS) is 19.6. The van der Waals surface area contributed by atoms with Crippen molar-refractivity contribution in [2.45, 2.75) is 26.3 Å². The van der Waals surface area contributed by atoms with E-state index in [0.29, 0.717) is 5.69 Å². The number of pyridine rings is 1. The van der Waals surface area contributed by atoms with E-state index in [4.69, 9.17) is 0 Å². The molecule has 0 amide bonds. The van der Waals surface area contributed by atoms with Crippen LogP contribution in [0.15, 0.2) is 24.4 Å². The first-order valence-corrected chi connectivity index (χ1v) is 8.00. The molecule has 1 atom stereocenters. The van der Waals surface area contributed by atoms with E-state index in [0.717, 1.165) is 42.5 Å². The Kier molecular flexibility index (Phi) is 4.36. The molecule has 3 heterocycles. The summed E-state index contributed by atoms with van der Waals surface area (Å²) in [6, 6.07) is 5.50. The number of hydrogen-bond acceptors (Lipinski definition) is 6. The second-order valence-electron chi connectivity index (χ2n) is 5.37. The Balaban J connectivity index is 1.64. The van der Waals surface area contributed by atoms with Gasteiger partial charge in [-0.2, -0.15) is 0 Å². The molecule has 1 aliphatic rings. The predicted octanol–water partition coefficient (Wildman–Crippen LogP) is 2.34. The molecule has 0 aliphatic carbocycles. The highest BCUT2D eigenvalue weighted by Crippen LogP contribution is 2.22. The van der Waals surface area contributed by atoms with Crippen molar-refractivity contribution in [3.63, 3.8) is 0 Å². The number of hydrogen-bond donors (Lipinski definition) is 0. The highest BCUT2D eigenvalue weighted by Gasteiger charge is 2.27. The van der Waals surface area contributed by atoms with Crippen LogP contribution in [0.3, 0.4) is 0 Å². The van der Waals surface area contributed by atoms with Crippen LogP contribution in [0.4, 0.5) is 0 Å². The van der Waals surface area contributed by atoms with Gasteiger partial charge < -0.3 is 0 Å². The largest absolute Gasteiger partial charge is 0.296 e. The Labute approximate surface area is 128 Å². The SMILES string of the molecule is Cc1nnc(CN2CCCC(C(=O)c3ccccn3)C2)s1. The van der Waals surface area contributed by atoms with E-state index in [1.165, 1.54) is 0 Å². The molecule has 1 fully saturated rings. The molecule has 0 spiro atoms.